The Morgan fingerprint density at radius 1 is 1.47 bits per heavy atom. The van der Waals surface area contributed by atoms with Crippen LogP contribution in [0.2, 0.25) is 5.02 Å². The molecule has 0 saturated carbocycles. The summed E-state index contributed by atoms with van der Waals surface area (Å²) in [5.74, 6) is -0.498. The second kappa shape index (κ2) is 8.17. The van der Waals surface area contributed by atoms with Crippen LogP contribution in [0.25, 0.3) is 6.08 Å². The molecule has 0 aliphatic carbocycles. The summed E-state index contributed by atoms with van der Waals surface area (Å²) in [6.45, 7) is 0.468. The van der Waals surface area contributed by atoms with E-state index >= 15 is 0 Å². The lowest BCUT2D eigenvalue weighted by Crippen LogP contribution is -1.99. The summed E-state index contributed by atoms with van der Waals surface area (Å²) in [6.07, 6.45) is 4.48. The Bertz CT molecular complexity index is 506. The number of rotatable bonds is 7. The molecular formula is C14H14ClNO3. The number of carboxylic acids is 1. The molecule has 19 heavy (non-hydrogen) atoms. The first kappa shape index (κ1) is 15.1. The minimum atomic E-state index is -1.04. The Morgan fingerprint density at radius 2 is 2.26 bits per heavy atom. The molecule has 0 spiro atoms. The normalized spacial score (nSPS) is 10.3. The van der Waals surface area contributed by atoms with Gasteiger partial charge < -0.3 is 9.84 Å². The quantitative estimate of drug-likeness (QED) is 0.612. The van der Waals surface area contributed by atoms with Crippen molar-refractivity contribution in [1.82, 2.24) is 0 Å². The van der Waals surface area contributed by atoms with Crippen LogP contribution < -0.4 is 4.74 Å². The summed E-state index contributed by atoms with van der Waals surface area (Å²) in [7, 11) is 0. The Hall–Kier alpha value is -1.99. The first-order chi connectivity index (χ1) is 9.15. The number of nitrogens with zero attached hydrogens (tertiary/aromatic N) is 1. The first-order valence-corrected chi connectivity index (χ1v) is 6.22. The van der Waals surface area contributed by atoms with Crippen LogP contribution >= 0.6 is 11.6 Å². The molecule has 0 saturated heterocycles. The van der Waals surface area contributed by atoms with Crippen molar-refractivity contribution in [3.8, 4) is 11.8 Å². The maximum absolute atomic E-state index is 10.5. The Kier molecular flexibility index (Phi) is 6.48. The molecule has 0 unspecified atom stereocenters. The summed E-state index contributed by atoms with van der Waals surface area (Å²) >= 11 is 6.01. The number of unbranched alkanes of at least 4 members (excludes halogenated alkanes) is 2. The van der Waals surface area contributed by atoms with Crippen molar-refractivity contribution >= 4 is 23.6 Å². The molecule has 5 heteroatoms. The fourth-order valence-electron chi connectivity index (χ4n) is 1.45. The van der Waals surface area contributed by atoms with Gasteiger partial charge in [0.2, 0.25) is 0 Å². The molecule has 1 N–H and O–H groups in total. The summed E-state index contributed by atoms with van der Waals surface area (Å²) in [4.78, 5) is 10.5. The number of aliphatic carboxylic acids is 1. The fourth-order valence-corrected chi connectivity index (χ4v) is 1.68. The zero-order chi connectivity index (χ0) is 14.1. The summed E-state index contributed by atoms with van der Waals surface area (Å²) in [5, 5.41) is 17.5. The highest BCUT2D eigenvalue weighted by atomic mass is 35.5. The highest BCUT2D eigenvalue weighted by molar-refractivity contribution is 6.32. The van der Waals surface area contributed by atoms with Crippen LogP contribution in [0, 0.1) is 11.3 Å². The third kappa shape index (κ3) is 5.45. The zero-order valence-electron chi connectivity index (χ0n) is 10.3. The zero-order valence-corrected chi connectivity index (χ0v) is 11.1. The molecule has 0 heterocycles. The van der Waals surface area contributed by atoms with E-state index in [1.54, 1.807) is 18.2 Å². The van der Waals surface area contributed by atoms with E-state index in [1.165, 1.54) is 6.08 Å². The van der Waals surface area contributed by atoms with Gasteiger partial charge in [-0.25, -0.2) is 4.79 Å². The van der Waals surface area contributed by atoms with Gasteiger partial charge in [0.25, 0.3) is 0 Å². The molecule has 1 rings (SSSR count). The predicted molar refractivity (Wildman–Crippen MR) is 73.1 cm³/mol. The minimum Gasteiger partial charge on any atom is -0.493 e. The average molecular weight is 280 g/mol. The smallest absolute Gasteiger partial charge is 0.328 e. The van der Waals surface area contributed by atoms with Crippen molar-refractivity contribution in [2.24, 2.45) is 0 Å². The van der Waals surface area contributed by atoms with E-state index in [0.29, 0.717) is 29.4 Å². The number of benzene rings is 1. The van der Waals surface area contributed by atoms with Crippen molar-refractivity contribution in [3.63, 3.8) is 0 Å². The molecule has 1 aromatic carbocycles. The molecule has 0 atom stereocenters. The van der Waals surface area contributed by atoms with Crippen molar-refractivity contribution in [3.05, 3.63) is 34.9 Å². The molecule has 0 radical (unpaired) electrons. The first-order valence-electron chi connectivity index (χ1n) is 5.84. The Balaban J connectivity index is 2.69. The van der Waals surface area contributed by atoms with Crippen LogP contribution in [-0.2, 0) is 4.79 Å². The van der Waals surface area contributed by atoms with E-state index in [4.69, 9.17) is 26.7 Å². The minimum absolute atomic E-state index is 0.437. The van der Waals surface area contributed by atoms with Gasteiger partial charge in [0.05, 0.1) is 17.7 Å². The number of ether oxygens (including phenoxy) is 1. The monoisotopic (exact) mass is 279 g/mol. The third-order valence-corrected chi connectivity index (χ3v) is 2.68. The van der Waals surface area contributed by atoms with E-state index < -0.39 is 5.97 Å². The number of nitriles is 1. The van der Waals surface area contributed by atoms with Crippen LogP contribution in [0.15, 0.2) is 24.3 Å². The number of halogens is 1. The predicted octanol–water partition coefficient (Wildman–Crippen LogP) is 3.51. The molecule has 0 amide bonds. The largest absolute Gasteiger partial charge is 0.493 e. The molecule has 1 aromatic rings. The number of carboxylic acid groups (broad SMARTS) is 1. The molecule has 0 aliphatic heterocycles. The van der Waals surface area contributed by atoms with Gasteiger partial charge in [-0.2, -0.15) is 5.26 Å². The Morgan fingerprint density at radius 3 is 2.95 bits per heavy atom. The lowest BCUT2D eigenvalue weighted by molar-refractivity contribution is -0.131. The second-order valence-corrected chi connectivity index (χ2v) is 4.19. The molecular weight excluding hydrogens is 266 g/mol. The van der Waals surface area contributed by atoms with Crippen molar-refractivity contribution in [2.75, 3.05) is 6.61 Å². The Labute approximate surface area is 116 Å². The third-order valence-electron chi connectivity index (χ3n) is 2.35. The number of hydrogen-bond donors (Lipinski definition) is 1. The van der Waals surface area contributed by atoms with Crippen LogP contribution in [-0.4, -0.2) is 17.7 Å². The van der Waals surface area contributed by atoms with Crippen LogP contribution in [0.5, 0.6) is 5.75 Å². The van der Waals surface area contributed by atoms with Gasteiger partial charge in [-0.3, -0.25) is 0 Å². The van der Waals surface area contributed by atoms with Gasteiger partial charge in [0.1, 0.15) is 5.75 Å². The maximum Gasteiger partial charge on any atom is 0.328 e. The molecule has 100 valence electrons. The van der Waals surface area contributed by atoms with Gasteiger partial charge in [0, 0.05) is 18.1 Å². The van der Waals surface area contributed by atoms with E-state index in [-0.39, 0.29) is 0 Å². The standard InChI is InChI=1S/C14H14ClNO3/c15-12-5-4-6-13(11(12)7-8-14(17)18)19-10-3-1-2-9-16/h4-8H,1-3,10H2,(H,17,18). The van der Waals surface area contributed by atoms with E-state index in [2.05, 4.69) is 6.07 Å². The van der Waals surface area contributed by atoms with Crippen LogP contribution in [0.1, 0.15) is 24.8 Å². The van der Waals surface area contributed by atoms with Crippen molar-refractivity contribution in [1.29, 1.82) is 5.26 Å². The molecule has 0 bridgehead atoms. The maximum atomic E-state index is 10.5. The van der Waals surface area contributed by atoms with Crippen LogP contribution in [0.4, 0.5) is 0 Å². The summed E-state index contributed by atoms with van der Waals surface area (Å²) < 4.78 is 5.56. The van der Waals surface area contributed by atoms with Gasteiger partial charge >= 0.3 is 5.97 Å². The fraction of sp³-hybridized carbons (Fsp3) is 0.286. The molecule has 0 fully saturated rings. The molecule has 0 aliphatic rings. The highest BCUT2D eigenvalue weighted by Gasteiger charge is 2.05. The second-order valence-electron chi connectivity index (χ2n) is 3.79. The lowest BCUT2D eigenvalue weighted by Gasteiger charge is -2.10. The van der Waals surface area contributed by atoms with E-state index in [0.717, 1.165) is 18.9 Å². The molecule has 0 aromatic heterocycles. The summed E-state index contributed by atoms with van der Waals surface area (Å²) in [6, 6.07) is 7.21. The van der Waals surface area contributed by atoms with E-state index in [9.17, 15) is 4.79 Å². The van der Waals surface area contributed by atoms with E-state index in [1.807, 2.05) is 0 Å². The summed E-state index contributed by atoms with van der Waals surface area (Å²) in [5.41, 5.74) is 0.548. The lowest BCUT2D eigenvalue weighted by atomic mass is 10.2. The van der Waals surface area contributed by atoms with Gasteiger partial charge in [-0.15, -0.1) is 0 Å². The van der Waals surface area contributed by atoms with Crippen molar-refractivity contribution in [2.45, 2.75) is 19.3 Å². The number of hydrogen-bond acceptors (Lipinski definition) is 3. The van der Waals surface area contributed by atoms with Crippen molar-refractivity contribution < 1.29 is 14.6 Å². The SMILES string of the molecule is N#CCCCCOc1cccc(Cl)c1C=CC(=O)O. The van der Waals surface area contributed by atoms with Gasteiger partial charge in [-0.05, 0) is 31.1 Å². The van der Waals surface area contributed by atoms with Crippen LogP contribution in [0.3, 0.4) is 0 Å². The highest BCUT2D eigenvalue weighted by Crippen LogP contribution is 2.28. The van der Waals surface area contributed by atoms with Gasteiger partial charge in [0.15, 0.2) is 0 Å². The number of carbonyl (C=O) groups is 1. The van der Waals surface area contributed by atoms with Gasteiger partial charge in [-0.1, -0.05) is 17.7 Å². The molecule has 4 nitrogen and oxygen atoms in total. The topological polar surface area (TPSA) is 70.3 Å². The average Bonchev–Trinajstić information content (AvgIpc) is 2.37.